The highest BCUT2D eigenvalue weighted by Gasteiger charge is 2.31. The third-order valence-corrected chi connectivity index (χ3v) is 9.32. The molecule has 3 N–H and O–H groups in total. The zero-order valence-corrected chi connectivity index (χ0v) is 26.6. The minimum atomic E-state index is -0.885. The van der Waals surface area contributed by atoms with Crippen LogP contribution in [0.3, 0.4) is 0 Å². The molecule has 11 heteroatoms. The van der Waals surface area contributed by atoms with Gasteiger partial charge in [-0.05, 0) is 97.8 Å². The number of aryl methyl sites for hydroxylation is 1. The monoisotopic (exact) mass is 596 g/mol. The highest BCUT2D eigenvalue weighted by molar-refractivity contribution is 7.98. The molecule has 3 aromatic heterocycles. The number of aromatic amines is 1. The van der Waals surface area contributed by atoms with Gasteiger partial charge in [-0.3, -0.25) is 9.59 Å². The Morgan fingerprint density at radius 3 is 2.57 bits per heavy atom. The Labute approximate surface area is 251 Å². The van der Waals surface area contributed by atoms with E-state index in [1.807, 2.05) is 59.1 Å². The molecule has 0 radical (unpaired) electrons. The van der Waals surface area contributed by atoms with Crippen LogP contribution < -0.4 is 10.9 Å². The molecule has 0 aromatic carbocycles. The summed E-state index contributed by atoms with van der Waals surface area (Å²) in [6.07, 6.45) is 4.75. The lowest BCUT2D eigenvalue weighted by molar-refractivity contribution is 0.0821. The van der Waals surface area contributed by atoms with Crippen LogP contribution in [0.15, 0.2) is 34.1 Å². The third kappa shape index (κ3) is 6.67. The number of piperidine rings is 1. The first-order valence-electron chi connectivity index (χ1n) is 14.6. The summed E-state index contributed by atoms with van der Waals surface area (Å²) in [5.41, 5.74) is 2.96. The predicted molar refractivity (Wildman–Crippen MR) is 168 cm³/mol. The molecule has 1 unspecified atom stereocenters. The number of pyridine rings is 2. The smallest absolute Gasteiger partial charge is 0.407 e. The molecule has 4 heterocycles. The van der Waals surface area contributed by atoms with Crippen molar-refractivity contribution in [1.82, 2.24) is 29.7 Å². The van der Waals surface area contributed by atoms with Crippen molar-refractivity contribution in [2.45, 2.75) is 77.4 Å². The lowest BCUT2D eigenvalue weighted by Crippen LogP contribution is -2.49. The van der Waals surface area contributed by atoms with Crippen LogP contribution in [0.1, 0.15) is 73.9 Å². The lowest BCUT2D eigenvalue weighted by atomic mass is 9.90. The van der Waals surface area contributed by atoms with E-state index in [9.17, 15) is 19.5 Å². The number of hydrogen-bond donors (Lipinski definition) is 3. The van der Waals surface area contributed by atoms with Crippen molar-refractivity contribution >= 4 is 34.8 Å². The number of carbonyl (C=O) groups is 2. The van der Waals surface area contributed by atoms with E-state index in [1.54, 1.807) is 6.20 Å². The van der Waals surface area contributed by atoms with E-state index >= 15 is 0 Å². The number of likely N-dealkylation sites (tertiary alicyclic amines) is 1. The summed E-state index contributed by atoms with van der Waals surface area (Å²) in [7, 11) is 0. The third-order valence-electron chi connectivity index (χ3n) is 8.51. The number of amides is 2. The van der Waals surface area contributed by atoms with Gasteiger partial charge in [-0.25, -0.2) is 9.78 Å². The number of nitrogens with zero attached hydrogens (tertiary/aromatic N) is 4. The normalized spacial score (nSPS) is 15.6. The number of thioether (sulfide) groups is 1. The quantitative estimate of drug-likeness (QED) is 0.296. The molecule has 1 atom stereocenters. The molecular formula is C31H44N6O4S. The van der Waals surface area contributed by atoms with Gasteiger partial charge in [0.2, 0.25) is 0 Å². The Balaban J connectivity index is 1.49. The molecule has 0 bridgehead atoms. The molecule has 1 saturated heterocycles. The van der Waals surface area contributed by atoms with E-state index in [0.29, 0.717) is 30.1 Å². The Hall–Kier alpha value is -3.31. The summed E-state index contributed by atoms with van der Waals surface area (Å²) < 4.78 is 2.20. The standard InChI is InChI=1S/C31H44N6O4S/c1-19-17-25(42-7)24(28(38)34-19)18-33-29(39)26-21(3)37(27-23(26)9-8-12-32-27)20(2)22-10-13-35(14-11-22)15-16-36(30(40)41)31(4,5)6/h8-9,12,17,20,22H,10-11,13-16,18H2,1-7H3,(H,33,39)(H,34,38)(H,40,41). The van der Waals surface area contributed by atoms with Crippen molar-refractivity contribution in [3.63, 3.8) is 0 Å². The van der Waals surface area contributed by atoms with Crippen molar-refractivity contribution < 1.29 is 14.7 Å². The van der Waals surface area contributed by atoms with Gasteiger partial charge in [0.05, 0.1) is 5.56 Å². The number of carbonyl (C=O) groups excluding carboxylic acids is 1. The first-order valence-corrected chi connectivity index (χ1v) is 15.8. The fourth-order valence-electron chi connectivity index (χ4n) is 6.17. The number of aromatic nitrogens is 3. The number of rotatable bonds is 9. The largest absolute Gasteiger partial charge is 0.465 e. The highest BCUT2D eigenvalue weighted by Crippen LogP contribution is 2.35. The van der Waals surface area contributed by atoms with Gasteiger partial charge in [0.25, 0.3) is 11.5 Å². The van der Waals surface area contributed by atoms with Crippen molar-refractivity contribution in [1.29, 1.82) is 0 Å². The van der Waals surface area contributed by atoms with Gasteiger partial charge in [-0.15, -0.1) is 11.8 Å². The van der Waals surface area contributed by atoms with Crippen LogP contribution >= 0.6 is 11.8 Å². The van der Waals surface area contributed by atoms with Gasteiger partial charge >= 0.3 is 6.09 Å². The van der Waals surface area contributed by atoms with Gasteiger partial charge in [-0.1, -0.05) is 0 Å². The Morgan fingerprint density at radius 1 is 1.26 bits per heavy atom. The Morgan fingerprint density at radius 2 is 1.95 bits per heavy atom. The minimum absolute atomic E-state index is 0.124. The molecular weight excluding hydrogens is 552 g/mol. The fraction of sp³-hybridized carbons (Fsp3) is 0.548. The van der Waals surface area contributed by atoms with Gasteiger partial charge in [0, 0.05) is 64.6 Å². The molecule has 4 rings (SSSR count). The average Bonchev–Trinajstić information content (AvgIpc) is 3.22. The zero-order chi connectivity index (χ0) is 30.8. The topological polar surface area (TPSA) is 124 Å². The van der Waals surface area contributed by atoms with E-state index in [-0.39, 0.29) is 24.1 Å². The van der Waals surface area contributed by atoms with Gasteiger partial charge in [0.1, 0.15) is 5.65 Å². The summed E-state index contributed by atoms with van der Waals surface area (Å²) in [6.45, 7) is 14.9. The Kier molecular flexibility index (Phi) is 9.72. The number of hydrogen-bond acceptors (Lipinski definition) is 6. The number of carboxylic acid groups (broad SMARTS) is 1. The van der Waals surface area contributed by atoms with E-state index in [4.69, 9.17) is 0 Å². The number of fused-ring (bicyclic) bond motifs is 1. The molecule has 1 aliphatic heterocycles. The molecule has 0 spiro atoms. The van der Waals surface area contributed by atoms with E-state index in [2.05, 4.69) is 31.7 Å². The summed E-state index contributed by atoms with van der Waals surface area (Å²) in [5.74, 6) is 0.169. The second-order valence-corrected chi connectivity index (χ2v) is 13.1. The maximum atomic E-state index is 13.6. The molecule has 0 saturated carbocycles. The summed E-state index contributed by atoms with van der Waals surface area (Å²) in [4.78, 5) is 50.2. The Bertz CT molecular complexity index is 1500. The van der Waals surface area contributed by atoms with Crippen molar-refractivity contribution in [3.05, 3.63) is 57.3 Å². The number of H-pyrrole nitrogens is 1. The molecule has 2 amide bonds. The van der Waals surface area contributed by atoms with Crippen LogP contribution in [0.2, 0.25) is 0 Å². The van der Waals surface area contributed by atoms with Gasteiger partial charge in [-0.2, -0.15) is 0 Å². The number of nitrogens with one attached hydrogen (secondary N) is 2. The molecule has 1 fully saturated rings. The highest BCUT2D eigenvalue weighted by atomic mass is 32.2. The second-order valence-electron chi connectivity index (χ2n) is 12.2. The van der Waals surface area contributed by atoms with Crippen molar-refractivity contribution in [2.75, 3.05) is 32.4 Å². The molecule has 42 heavy (non-hydrogen) atoms. The fourth-order valence-corrected chi connectivity index (χ4v) is 6.87. The van der Waals surface area contributed by atoms with Crippen LogP contribution in [0.4, 0.5) is 4.79 Å². The average molecular weight is 597 g/mol. The van der Waals surface area contributed by atoms with E-state index in [0.717, 1.165) is 53.2 Å². The van der Waals surface area contributed by atoms with Crippen LogP contribution in [0.25, 0.3) is 11.0 Å². The summed E-state index contributed by atoms with van der Waals surface area (Å²) >= 11 is 1.49. The molecule has 228 valence electrons. The molecule has 1 aliphatic rings. The van der Waals surface area contributed by atoms with Crippen molar-refractivity contribution in [2.24, 2.45) is 5.92 Å². The van der Waals surface area contributed by atoms with Gasteiger partial charge in [0.15, 0.2) is 0 Å². The van der Waals surface area contributed by atoms with Crippen LogP contribution in [-0.4, -0.2) is 79.4 Å². The van der Waals surface area contributed by atoms with E-state index < -0.39 is 11.6 Å². The molecule has 10 nitrogen and oxygen atoms in total. The van der Waals surface area contributed by atoms with Crippen molar-refractivity contribution in [3.8, 4) is 0 Å². The predicted octanol–water partition coefficient (Wildman–Crippen LogP) is 5.04. The minimum Gasteiger partial charge on any atom is -0.465 e. The first-order chi connectivity index (χ1) is 19.8. The van der Waals surface area contributed by atoms with Crippen LogP contribution in [0, 0.1) is 19.8 Å². The summed E-state index contributed by atoms with van der Waals surface area (Å²) in [5, 5.41) is 13.4. The SMILES string of the molecule is CSc1cc(C)[nH]c(=O)c1CNC(=O)c1c(C)n(C(C)C2CCN(CCN(C(=O)O)C(C)(C)C)CC2)c2ncccc12. The van der Waals surface area contributed by atoms with Crippen LogP contribution in [0.5, 0.6) is 0 Å². The van der Waals surface area contributed by atoms with E-state index in [1.165, 1.54) is 16.7 Å². The maximum absolute atomic E-state index is 13.6. The second kappa shape index (κ2) is 12.9. The van der Waals surface area contributed by atoms with Gasteiger partial charge < -0.3 is 29.8 Å². The summed E-state index contributed by atoms with van der Waals surface area (Å²) in [6, 6.07) is 5.83. The lowest BCUT2D eigenvalue weighted by Gasteiger charge is -2.38. The molecule has 3 aromatic rings. The molecule has 0 aliphatic carbocycles. The first kappa shape index (κ1) is 31.6. The zero-order valence-electron chi connectivity index (χ0n) is 25.8. The maximum Gasteiger partial charge on any atom is 0.407 e. The van der Waals surface area contributed by atoms with Crippen LogP contribution in [-0.2, 0) is 6.54 Å².